The lowest BCUT2D eigenvalue weighted by Gasteiger charge is -2.32. The molecule has 15 heavy (non-hydrogen) atoms. The molecule has 0 atom stereocenters. The van der Waals surface area contributed by atoms with E-state index < -0.39 is 0 Å². The van der Waals surface area contributed by atoms with Crippen LogP contribution in [0.15, 0.2) is 18.2 Å². The van der Waals surface area contributed by atoms with Crippen LogP contribution in [-0.4, -0.2) is 13.1 Å². The molecule has 2 N–H and O–H groups in total. The van der Waals surface area contributed by atoms with E-state index in [4.69, 9.17) is 5.73 Å². The van der Waals surface area contributed by atoms with Crippen LogP contribution in [0.1, 0.15) is 19.8 Å². The molecule has 1 aliphatic heterocycles. The molecular weight excluding hydrogens is 191 g/mol. The lowest BCUT2D eigenvalue weighted by molar-refractivity contribution is 0.434. The van der Waals surface area contributed by atoms with E-state index >= 15 is 0 Å². The molecule has 3 heteroatoms. The maximum atomic E-state index is 13.6. The highest BCUT2D eigenvalue weighted by molar-refractivity contribution is 5.57. The Bertz CT molecular complexity index is 343. The number of anilines is 2. The van der Waals surface area contributed by atoms with Crippen molar-refractivity contribution in [2.45, 2.75) is 19.8 Å². The molecule has 0 aromatic heterocycles. The zero-order valence-corrected chi connectivity index (χ0v) is 9.04. The Labute approximate surface area is 89.9 Å². The second-order valence-corrected chi connectivity index (χ2v) is 4.38. The Hall–Kier alpha value is -1.25. The summed E-state index contributed by atoms with van der Waals surface area (Å²) in [7, 11) is 0. The van der Waals surface area contributed by atoms with E-state index in [2.05, 4.69) is 11.8 Å². The van der Waals surface area contributed by atoms with Gasteiger partial charge in [-0.15, -0.1) is 0 Å². The third-order valence-corrected chi connectivity index (χ3v) is 3.09. The molecule has 0 amide bonds. The quantitative estimate of drug-likeness (QED) is 0.719. The standard InChI is InChI=1S/C12H17FN2/c1-9-4-6-15(7-5-9)12-8-10(14)2-3-11(12)13/h2-3,8-9H,4-7,14H2,1H3. The average molecular weight is 208 g/mol. The molecule has 1 aromatic rings. The Kier molecular flexibility index (Phi) is 2.80. The highest BCUT2D eigenvalue weighted by Crippen LogP contribution is 2.26. The van der Waals surface area contributed by atoms with E-state index in [-0.39, 0.29) is 5.82 Å². The predicted octanol–water partition coefficient (Wildman–Crippen LogP) is 2.64. The molecule has 0 bridgehead atoms. The number of hydrogen-bond acceptors (Lipinski definition) is 2. The molecule has 2 nitrogen and oxygen atoms in total. The van der Waals surface area contributed by atoms with Gasteiger partial charge in [-0.05, 0) is 37.0 Å². The number of nitrogens with zero attached hydrogens (tertiary/aromatic N) is 1. The second kappa shape index (κ2) is 4.09. The van der Waals surface area contributed by atoms with Gasteiger partial charge in [0.05, 0.1) is 5.69 Å². The van der Waals surface area contributed by atoms with Crippen molar-refractivity contribution in [1.29, 1.82) is 0 Å². The third kappa shape index (κ3) is 2.22. The first kappa shape index (κ1) is 10.3. The van der Waals surface area contributed by atoms with Crippen molar-refractivity contribution in [3.63, 3.8) is 0 Å². The van der Waals surface area contributed by atoms with E-state index in [9.17, 15) is 4.39 Å². The van der Waals surface area contributed by atoms with Crippen molar-refractivity contribution in [1.82, 2.24) is 0 Å². The van der Waals surface area contributed by atoms with Crippen LogP contribution in [0.3, 0.4) is 0 Å². The van der Waals surface area contributed by atoms with Crippen LogP contribution in [0.4, 0.5) is 15.8 Å². The highest BCUT2D eigenvalue weighted by Gasteiger charge is 2.18. The van der Waals surface area contributed by atoms with Gasteiger partial charge in [0, 0.05) is 18.8 Å². The van der Waals surface area contributed by atoms with Crippen LogP contribution in [0, 0.1) is 11.7 Å². The van der Waals surface area contributed by atoms with Crippen LogP contribution in [0.25, 0.3) is 0 Å². The van der Waals surface area contributed by atoms with Gasteiger partial charge in [-0.3, -0.25) is 0 Å². The topological polar surface area (TPSA) is 29.3 Å². The number of piperidine rings is 1. The van der Waals surface area contributed by atoms with Gasteiger partial charge < -0.3 is 10.6 Å². The summed E-state index contributed by atoms with van der Waals surface area (Å²) in [5.41, 5.74) is 6.95. The summed E-state index contributed by atoms with van der Waals surface area (Å²) in [6.45, 7) is 4.11. The van der Waals surface area contributed by atoms with Crippen molar-refractivity contribution in [3.8, 4) is 0 Å². The minimum atomic E-state index is -0.168. The van der Waals surface area contributed by atoms with Gasteiger partial charge >= 0.3 is 0 Å². The van der Waals surface area contributed by atoms with E-state index in [0.717, 1.165) is 31.8 Å². The van der Waals surface area contributed by atoms with Gasteiger partial charge in [-0.2, -0.15) is 0 Å². The smallest absolute Gasteiger partial charge is 0.146 e. The van der Waals surface area contributed by atoms with Crippen LogP contribution in [0.2, 0.25) is 0 Å². The Morgan fingerprint density at radius 3 is 2.67 bits per heavy atom. The minimum absolute atomic E-state index is 0.168. The first-order valence-electron chi connectivity index (χ1n) is 5.47. The molecule has 0 radical (unpaired) electrons. The van der Waals surface area contributed by atoms with Gasteiger partial charge in [0.2, 0.25) is 0 Å². The van der Waals surface area contributed by atoms with E-state index in [1.54, 1.807) is 12.1 Å². The van der Waals surface area contributed by atoms with E-state index in [1.807, 2.05) is 0 Å². The summed E-state index contributed by atoms with van der Waals surface area (Å²) in [6, 6.07) is 4.78. The SMILES string of the molecule is CC1CCN(c2cc(N)ccc2F)CC1. The molecule has 2 rings (SSSR count). The van der Waals surface area contributed by atoms with Crippen molar-refractivity contribution in [2.24, 2.45) is 5.92 Å². The fraction of sp³-hybridized carbons (Fsp3) is 0.500. The largest absolute Gasteiger partial charge is 0.399 e. The van der Waals surface area contributed by atoms with Crippen molar-refractivity contribution >= 4 is 11.4 Å². The zero-order chi connectivity index (χ0) is 10.8. The molecule has 1 aliphatic rings. The number of nitrogens with two attached hydrogens (primary N) is 1. The van der Waals surface area contributed by atoms with E-state index in [0.29, 0.717) is 11.4 Å². The molecule has 1 heterocycles. The summed E-state index contributed by atoms with van der Waals surface area (Å²) in [5, 5.41) is 0. The van der Waals surface area contributed by atoms with E-state index in [1.165, 1.54) is 6.07 Å². The summed E-state index contributed by atoms with van der Waals surface area (Å²) in [5.74, 6) is 0.587. The van der Waals surface area contributed by atoms with Gasteiger partial charge in [0.15, 0.2) is 0 Å². The fourth-order valence-corrected chi connectivity index (χ4v) is 2.02. The van der Waals surface area contributed by atoms with Crippen molar-refractivity contribution in [3.05, 3.63) is 24.0 Å². The number of hydrogen-bond donors (Lipinski definition) is 1. The molecule has 0 spiro atoms. The van der Waals surface area contributed by atoms with Gasteiger partial charge in [-0.25, -0.2) is 4.39 Å². The van der Waals surface area contributed by atoms with Crippen LogP contribution in [0.5, 0.6) is 0 Å². The van der Waals surface area contributed by atoms with Crippen molar-refractivity contribution < 1.29 is 4.39 Å². The Morgan fingerprint density at radius 2 is 2.00 bits per heavy atom. The molecule has 1 fully saturated rings. The molecule has 1 saturated heterocycles. The zero-order valence-electron chi connectivity index (χ0n) is 9.04. The number of nitrogen functional groups attached to an aromatic ring is 1. The molecule has 0 saturated carbocycles. The van der Waals surface area contributed by atoms with Crippen molar-refractivity contribution in [2.75, 3.05) is 23.7 Å². The Morgan fingerprint density at radius 1 is 1.33 bits per heavy atom. The number of benzene rings is 1. The summed E-state index contributed by atoms with van der Waals surface area (Å²) >= 11 is 0. The number of rotatable bonds is 1. The summed E-state index contributed by atoms with van der Waals surface area (Å²) < 4.78 is 13.6. The lowest BCUT2D eigenvalue weighted by Crippen LogP contribution is -2.33. The minimum Gasteiger partial charge on any atom is -0.399 e. The van der Waals surface area contributed by atoms with Gasteiger partial charge in [-0.1, -0.05) is 6.92 Å². The third-order valence-electron chi connectivity index (χ3n) is 3.09. The monoisotopic (exact) mass is 208 g/mol. The van der Waals surface area contributed by atoms with Gasteiger partial charge in [0.25, 0.3) is 0 Å². The molecule has 0 unspecified atom stereocenters. The molecular formula is C12H17FN2. The molecule has 1 aromatic carbocycles. The normalized spacial score (nSPS) is 18.1. The lowest BCUT2D eigenvalue weighted by atomic mass is 9.99. The summed E-state index contributed by atoms with van der Waals surface area (Å²) in [4.78, 5) is 2.09. The fourth-order valence-electron chi connectivity index (χ4n) is 2.02. The van der Waals surface area contributed by atoms with Crippen LogP contribution >= 0.6 is 0 Å². The highest BCUT2D eigenvalue weighted by atomic mass is 19.1. The Balaban J connectivity index is 2.18. The van der Waals surface area contributed by atoms with Gasteiger partial charge in [0.1, 0.15) is 5.82 Å². The van der Waals surface area contributed by atoms with Crippen LogP contribution < -0.4 is 10.6 Å². The average Bonchev–Trinajstić information content (AvgIpc) is 2.23. The molecule has 82 valence electrons. The second-order valence-electron chi connectivity index (χ2n) is 4.38. The predicted molar refractivity (Wildman–Crippen MR) is 61.4 cm³/mol. The first-order valence-corrected chi connectivity index (χ1v) is 5.47. The summed E-state index contributed by atoms with van der Waals surface area (Å²) in [6.07, 6.45) is 2.27. The first-order chi connectivity index (χ1) is 7.16. The van der Waals surface area contributed by atoms with Crippen LogP contribution in [-0.2, 0) is 0 Å². The maximum absolute atomic E-state index is 13.6. The maximum Gasteiger partial charge on any atom is 0.146 e. The number of halogens is 1. The molecule has 0 aliphatic carbocycles.